The molecule has 148 valence electrons. The number of rotatable bonds is 12. The average Bonchev–Trinajstić information content (AvgIpc) is 2.48. The van der Waals surface area contributed by atoms with E-state index in [1.807, 2.05) is 0 Å². The molecule has 0 aliphatic heterocycles. The third-order valence-electron chi connectivity index (χ3n) is 4.33. The smallest absolute Gasteiger partial charge is 0.332 e. The third kappa shape index (κ3) is 11.5. The van der Waals surface area contributed by atoms with E-state index in [1.165, 1.54) is 6.08 Å². The highest BCUT2D eigenvalue weighted by atomic mass is 28.4. The number of ether oxygens (including phenoxy) is 3. The van der Waals surface area contributed by atoms with Crippen LogP contribution in [-0.4, -0.2) is 59.2 Å². The van der Waals surface area contributed by atoms with Crippen molar-refractivity contribution in [2.24, 2.45) is 5.92 Å². The Labute approximate surface area is 153 Å². The number of carbonyl (C=O) groups excluding carboxylic acids is 1. The van der Waals surface area contributed by atoms with E-state index in [-0.39, 0.29) is 17.7 Å². The van der Waals surface area contributed by atoms with Gasteiger partial charge in [-0.15, -0.1) is 0 Å². The van der Waals surface area contributed by atoms with Gasteiger partial charge in [0.1, 0.15) is 0 Å². The van der Waals surface area contributed by atoms with Crippen molar-refractivity contribution in [2.45, 2.75) is 58.4 Å². The van der Waals surface area contributed by atoms with Crippen LogP contribution in [0.25, 0.3) is 0 Å². The first-order chi connectivity index (χ1) is 11.5. The first-order valence-corrected chi connectivity index (χ1v) is 11.6. The Hall–Kier alpha value is -0.733. The zero-order valence-corrected chi connectivity index (χ0v) is 17.8. The summed E-state index contributed by atoms with van der Waals surface area (Å²) in [5.74, 6) is -0.517. The maximum absolute atomic E-state index is 11.7. The highest BCUT2D eigenvalue weighted by Gasteiger charge is 2.37. The van der Waals surface area contributed by atoms with Gasteiger partial charge in [-0.25, -0.2) is 4.79 Å². The highest BCUT2D eigenvalue weighted by molar-refractivity contribution is 6.74. The maximum Gasteiger partial charge on any atom is 0.332 e. The standard InChI is InChI=1S/C18H36O6Si/c1-15(19)12-16(13-24-25(6,7)18(2,3)4)8-9-17(20)23-14-22-11-10-21-5/h8-9,15-16,19H,10-14H2,1-7H3/b9-8+/t15-,16+/m1/s1. The zero-order valence-electron chi connectivity index (χ0n) is 16.8. The van der Waals surface area contributed by atoms with Gasteiger partial charge in [-0.3, -0.25) is 0 Å². The van der Waals surface area contributed by atoms with Gasteiger partial charge in [-0.1, -0.05) is 26.8 Å². The minimum absolute atomic E-state index is 0.0453. The number of hydrogen-bond donors (Lipinski definition) is 1. The van der Waals surface area contributed by atoms with Crippen LogP contribution in [0.15, 0.2) is 12.2 Å². The minimum Gasteiger partial charge on any atom is -0.435 e. The second-order valence-electron chi connectivity index (χ2n) is 7.76. The van der Waals surface area contributed by atoms with E-state index >= 15 is 0 Å². The van der Waals surface area contributed by atoms with Crippen LogP contribution in [0.1, 0.15) is 34.1 Å². The van der Waals surface area contributed by atoms with Crippen LogP contribution in [0.4, 0.5) is 0 Å². The predicted octanol–water partition coefficient (Wildman–Crippen LogP) is 3.12. The summed E-state index contributed by atoms with van der Waals surface area (Å²) in [5.41, 5.74) is 0. The molecule has 0 aromatic rings. The fourth-order valence-corrected chi connectivity index (χ4v) is 2.80. The zero-order chi connectivity index (χ0) is 19.5. The summed E-state index contributed by atoms with van der Waals surface area (Å²) in [6, 6.07) is 0. The van der Waals surface area contributed by atoms with Crippen molar-refractivity contribution in [1.82, 2.24) is 0 Å². The molecule has 0 unspecified atom stereocenters. The number of methoxy groups -OCH3 is 1. The molecule has 0 aliphatic rings. The number of esters is 1. The van der Waals surface area contributed by atoms with E-state index < -0.39 is 20.4 Å². The largest absolute Gasteiger partial charge is 0.435 e. The van der Waals surface area contributed by atoms with Crippen molar-refractivity contribution in [2.75, 3.05) is 33.7 Å². The molecule has 0 bridgehead atoms. The molecule has 0 rings (SSSR count). The third-order valence-corrected chi connectivity index (χ3v) is 8.83. The lowest BCUT2D eigenvalue weighted by Gasteiger charge is -2.37. The fourth-order valence-electron chi connectivity index (χ4n) is 1.74. The Morgan fingerprint density at radius 2 is 1.88 bits per heavy atom. The van der Waals surface area contributed by atoms with E-state index in [2.05, 4.69) is 33.9 Å². The van der Waals surface area contributed by atoms with Crippen molar-refractivity contribution < 1.29 is 28.5 Å². The molecule has 0 spiro atoms. The molecule has 0 aliphatic carbocycles. The second kappa shape index (κ2) is 11.8. The molecule has 0 amide bonds. The van der Waals surface area contributed by atoms with Crippen LogP contribution < -0.4 is 0 Å². The van der Waals surface area contributed by atoms with Crippen LogP contribution in [0.2, 0.25) is 18.1 Å². The molecule has 1 N–H and O–H groups in total. The molecule has 0 aromatic carbocycles. The lowest BCUT2D eigenvalue weighted by Crippen LogP contribution is -2.42. The lowest BCUT2D eigenvalue weighted by molar-refractivity contribution is -0.151. The second-order valence-corrected chi connectivity index (χ2v) is 12.6. The summed E-state index contributed by atoms with van der Waals surface area (Å²) in [6.45, 7) is 13.8. The fraction of sp³-hybridized carbons (Fsp3) is 0.833. The van der Waals surface area contributed by atoms with Gasteiger partial charge in [-0.05, 0) is 31.5 Å². The van der Waals surface area contributed by atoms with Gasteiger partial charge in [0.05, 0.1) is 19.3 Å². The van der Waals surface area contributed by atoms with E-state index in [0.29, 0.717) is 26.2 Å². The molecule has 6 nitrogen and oxygen atoms in total. The van der Waals surface area contributed by atoms with Crippen LogP contribution in [-0.2, 0) is 23.4 Å². The Bertz CT molecular complexity index is 401. The summed E-state index contributed by atoms with van der Waals surface area (Å²) in [6.07, 6.45) is 3.19. The molecule has 0 saturated carbocycles. The molecule has 7 heteroatoms. The Kier molecular flexibility index (Phi) is 11.5. The van der Waals surface area contributed by atoms with E-state index in [1.54, 1.807) is 20.1 Å². The van der Waals surface area contributed by atoms with Crippen molar-refractivity contribution in [3.05, 3.63) is 12.2 Å². The van der Waals surface area contributed by atoms with Gasteiger partial charge >= 0.3 is 5.97 Å². The molecule has 0 heterocycles. The number of aliphatic hydroxyl groups is 1. The van der Waals surface area contributed by atoms with Gasteiger partial charge in [0, 0.05) is 25.7 Å². The summed E-state index contributed by atoms with van der Waals surface area (Å²) in [7, 11) is -0.297. The first-order valence-electron chi connectivity index (χ1n) is 8.73. The number of aliphatic hydroxyl groups excluding tert-OH is 1. The van der Waals surface area contributed by atoms with Crippen molar-refractivity contribution in [3.8, 4) is 0 Å². The van der Waals surface area contributed by atoms with Crippen LogP contribution in [0, 0.1) is 5.92 Å². The first kappa shape index (κ1) is 24.3. The quantitative estimate of drug-likeness (QED) is 0.185. The molecule has 0 aromatic heterocycles. The number of carbonyl (C=O) groups is 1. The van der Waals surface area contributed by atoms with Crippen molar-refractivity contribution in [3.63, 3.8) is 0 Å². The summed E-state index contributed by atoms with van der Waals surface area (Å²) < 4.78 is 21.1. The van der Waals surface area contributed by atoms with E-state index in [0.717, 1.165) is 0 Å². The Morgan fingerprint density at radius 3 is 2.40 bits per heavy atom. The molecule has 0 radical (unpaired) electrons. The van der Waals surface area contributed by atoms with E-state index in [4.69, 9.17) is 18.6 Å². The Morgan fingerprint density at radius 1 is 1.24 bits per heavy atom. The van der Waals surface area contributed by atoms with Gasteiger partial charge in [-0.2, -0.15) is 0 Å². The van der Waals surface area contributed by atoms with Crippen LogP contribution in [0.3, 0.4) is 0 Å². The van der Waals surface area contributed by atoms with E-state index in [9.17, 15) is 9.90 Å². The average molecular weight is 377 g/mol. The molecular weight excluding hydrogens is 340 g/mol. The van der Waals surface area contributed by atoms with Gasteiger partial charge in [0.2, 0.25) is 0 Å². The van der Waals surface area contributed by atoms with Gasteiger partial charge < -0.3 is 23.7 Å². The normalized spacial score (nSPS) is 15.4. The maximum atomic E-state index is 11.7. The lowest BCUT2D eigenvalue weighted by atomic mass is 10.0. The predicted molar refractivity (Wildman–Crippen MR) is 101 cm³/mol. The van der Waals surface area contributed by atoms with Crippen LogP contribution >= 0.6 is 0 Å². The van der Waals surface area contributed by atoms with Crippen molar-refractivity contribution >= 4 is 14.3 Å². The Balaban J connectivity index is 4.49. The number of hydrogen-bond acceptors (Lipinski definition) is 6. The molecule has 0 saturated heterocycles. The topological polar surface area (TPSA) is 74.2 Å². The molecule has 25 heavy (non-hydrogen) atoms. The molecular formula is C18H36O6Si. The van der Waals surface area contributed by atoms with Gasteiger partial charge in [0.25, 0.3) is 0 Å². The summed E-state index contributed by atoms with van der Waals surface area (Å²) in [4.78, 5) is 11.7. The monoisotopic (exact) mass is 376 g/mol. The minimum atomic E-state index is -1.87. The van der Waals surface area contributed by atoms with Crippen LogP contribution in [0.5, 0.6) is 0 Å². The summed E-state index contributed by atoms with van der Waals surface area (Å²) >= 11 is 0. The SMILES string of the molecule is COCCOCOC(=O)/C=C/[C@H](CO[Si](C)(C)C(C)(C)C)C[C@@H](C)O. The van der Waals surface area contributed by atoms with Gasteiger partial charge in [0.15, 0.2) is 15.1 Å². The molecule has 2 atom stereocenters. The summed E-state index contributed by atoms with van der Waals surface area (Å²) in [5, 5.41) is 9.79. The highest BCUT2D eigenvalue weighted by Crippen LogP contribution is 2.37. The molecule has 0 fully saturated rings. The van der Waals surface area contributed by atoms with Crippen molar-refractivity contribution in [1.29, 1.82) is 0 Å².